The number of carbonyl (C=O) groups excluding carboxylic acids is 1. The van der Waals surface area contributed by atoms with E-state index in [2.05, 4.69) is 33.9 Å². The van der Waals surface area contributed by atoms with Crippen LogP contribution in [-0.4, -0.2) is 32.5 Å². The Morgan fingerprint density at radius 1 is 1.25 bits per heavy atom. The van der Waals surface area contributed by atoms with Gasteiger partial charge in [0.05, 0.1) is 5.25 Å². The molecule has 1 aromatic rings. The highest BCUT2D eigenvalue weighted by Gasteiger charge is 2.32. The van der Waals surface area contributed by atoms with Crippen LogP contribution >= 0.6 is 11.8 Å². The minimum atomic E-state index is -0.0146. The summed E-state index contributed by atoms with van der Waals surface area (Å²) >= 11 is 1.60. The van der Waals surface area contributed by atoms with Crippen LogP contribution in [-0.2, 0) is 4.79 Å². The second-order valence-electron chi connectivity index (χ2n) is 5.99. The van der Waals surface area contributed by atoms with Crippen LogP contribution < -0.4 is 5.32 Å². The first-order chi connectivity index (χ1) is 9.66. The minimum absolute atomic E-state index is 0.0146. The molecule has 3 rings (SSSR count). The highest BCUT2D eigenvalue weighted by atomic mass is 32.2. The highest BCUT2D eigenvalue weighted by Crippen LogP contribution is 2.41. The summed E-state index contributed by atoms with van der Waals surface area (Å²) in [4.78, 5) is 12.1. The average Bonchev–Trinajstić information content (AvgIpc) is 3.19. The number of thioether (sulfide) groups is 1. The Balaban J connectivity index is 1.81. The summed E-state index contributed by atoms with van der Waals surface area (Å²) in [5.41, 5.74) is 0. The van der Waals surface area contributed by atoms with E-state index in [1.807, 2.05) is 0 Å². The fourth-order valence-electron chi connectivity index (χ4n) is 2.59. The van der Waals surface area contributed by atoms with E-state index < -0.39 is 0 Å². The Hall–Kier alpha value is -1.04. The molecule has 2 fully saturated rings. The Morgan fingerprint density at radius 3 is 2.75 bits per heavy atom. The Morgan fingerprint density at radius 2 is 2.05 bits per heavy atom. The Bertz CT molecular complexity index is 495. The van der Waals surface area contributed by atoms with Crippen LogP contribution in [0.3, 0.4) is 0 Å². The van der Waals surface area contributed by atoms with Crippen molar-refractivity contribution in [1.82, 2.24) is 20.1 Å². The molecule has 5 nitrogen and oxygen atoms in total. The summed E-state index contributed by atoms with van der Waals surface area (Å²) in [5, 5.41) is 12.6. The first-order valence-electron chi connectivity index (χ1n) is 7.56. The van der Waals surface area contributed by atoms with Crippen molar-refractivity contribution in [3.05, 3.63) is 5.82 Å². The van der Waals surface area contributed by atoms with Crippen LogP contribution in [0.4, 0.5) is 0 Å². The van der Waals surface area contributed by atoms with Gasteiger partial charge in [-0.05, 0) is 25.7 Å². The summed E-state index contributed by atoms with van der Waals surface area (Å²) in [7, 11) is 0. The van der Waals surface area contributed by atoms with Gasteiger partial charge in [-0.15, -0.1) is 10.2 Å². The minimum Gasteiger partial charge on any atom is -0.355 e. The second kappa shape index (κ2) is 5.76. The van der Waals surface area contributed by atoms with Crippen molar-refractivity contribution in [1.29, 1.82) is 0 Å². The lowest BCUT2D eigenvalue weighted by atomic mass is 10.2. The smallest absolute Gasteiger partial charge is 0.233 e. The van der Waals surface area contributed by atoms with Crippen LogP contribution in [0.25, 0.3) is 0 Å². The van der Waals surface area contributed by atoms with Crippen molar-refractivity contribution < 1.29 is 4.79 Å². The summed E-state index contributed by atoms with van der Waals surface area (Å²) in [5.74, 6) is 1.59. The van der Waals surface area contributed by atoms with Crippen LogP contribution in [0.15, 0.2) is 5.16 Å². The Labute approximate surface area is 123 Å². The van der Waals surface area contributed by atoms with Gasteiger partial charge in [-0.3, -0.25) is 4.79 Å². The molecular formula is C14H22N4OS. The van der Waals surface area contributed by atoms with Crippen molar-refractivity contribution in [3.8, 4) is 0 Å². The highest BCUT2D eigenvalue weighted by molar-refractivity contribution is 8.00. The molecule has 1 aliphatic carbocycles. The molecule has 1 aromatic heterocycles. The number of carbonyl (C=O) groups is 1. The van der Waals surface area contributed by atoms with Gasteiger partial charge in [-0.1, -0.05) is 32.0 Å². The van der Waals surface area contributed by atoms with Gasteiger partial charge in [-0.2, -0.15) is 0 Å². The quantitative estimate of drug-likeness (QED) is 0.927. The molecule has 2 aliphatic rings. The third-order valence-electron chi connectivity index (χ3n) is 3.85. The lowest BCUT2D eigenvalue weighted by Gasteiger charge is -2.14. The van der Waals surface area contributed by atoms with Gasteiger partial charge in [0.25, 0.3) is 0 Å². The molecular weight excluding hydrogens is 272 g/mol. The number of aromatic nitrogens is 3. The van der Waals surface area contributed by atoms with E-state index in [4.69, 9.17) is 0 Å². The zero-order valence-electron chi connectivity index (χ0n) is 12.1. The lowest BCUT2D eigenvalue weighted by molar-refractivity contribution is -0.120. The molecule has 110 valence electrons. The molecule has 0 radical (unpaired) electrons. The van der Waals surface area contributed by atoms with Crippen LogP contribution in [0.2, 0.25) is 0 Å². The van der Waals surface area contributed by atoms with Crippen LogP contribution in [0, 0.1) is 0 Å². The van der Waals surface area contributed by atoms with Gasteiger partial charge in [0, 0.05) is 18.5 Å². The maximum Gasteiger partial charge on any atom is 0.233 e. The first-order valence-corrected chi connectivity index (χ1v) is 8.44. The molecule has 1 saturated heterocycles. The van der Waals surface area contributed by atoms with Gasteiger partial charge in [0.2, 0.25) is 5.91 Å². The molecule has 1 N–H and O–H groups in total. The maximum absolute atomic E-state index is 12.1. The van der Waals surface area contributed by atoms with E-state index >= 15 is 0 Å². The second-order valence-corrected chi connectivity index (χ2v) is 7.16. The molecule has 6 heteroatoms. The molecule has 0 unspecified atom stereocenters. The summed E-state index contributed by atoms with van der Waals surface area (Å²) in [6.45, 7) is 5.11. The number of hydrogen-bond donors (Lipinski definition) is 1. The third kappa shape index (κ3) is 2.85. The topological polar surface area (TPSA) is 59.8 Å². The Kier molecular flexibility index (Phi) is 4.01. The SMILES string of the molecule is CC(C)c1nnc(S[C@H]2CCCCNC2=O)n1C1CC1. The molecule has 0 bridgehead atoms. The van der Waals surface area contributed by atoms with E-state index in [9.17, 15) is 4.79 Å². The third-order valence-corrected chi connectivity index (χ3v) is 5.08. The van der Waals surface area contributed by atoms with Crippen LogP contribution in [0.5, 0.6) is 0 Å². The number of amides is 1. The molecule has 1 saturated carbocycles. The standard InChI is InChI=1S/C14H22N4OS/c1-9(2)12-16-17-14(18(12)10-6-7-10)20-11-5-3-4-8-15-13(11)19/h9-11H,3-8H2,1-2H3,(H,15,19)/t11-/m0/s1. The predicted octanol–water partition coefficient (Wildman–Crippen LogP) is 2.50. The largest absolute Gasteiger partial charge is 0.355 e. The number of rotatable bonds is 4. The summed E-state index contributed by atoms with van der Waals surface area (Å²) < 4.78 is 2.27. The molecule has 1 amide bonds. The molecule has 1 aliphatic heterocycles. The van der Waals surface area contributed by atoms with Gasteiger partial charge in [0.15, 0.2) is 5.16 Å². The number of nitrogens with one attached hydrogen (secondary N) is 1. The summed E-state index contributed by atoms with van der Waals surface area (Å²) in [6.07, 6.45) is 5.54. The van der Waals surface area contributed by atoms with Crippen molar-refractivity contribution in [2.45, 2.75) is 68.3 Å². The number of nitrogens with zero attached hydrogens (tertiary/aromatic N) is 3. The van der Waals surface area contributed by atoms with Gasteiger partial charge < -0.3 is 9.88 Å². The molecule has 20 heavy (non-hydrogen) atoms. The van der Waals surface area contributed by atoms with Gasteiger partial charge >= 0.3 is 0 Å². The monoisotopic (exact) mass is 294 g/mol. The lowest BCUT2D eigenvalue weighted by Crippen LogP contribution is -2.30. The zero-order valence-corrected chi connectivity index (χ0v) is 12.9. The molecule has 0 spiro atoms. The van der Waals surface area contributed by atoms with E-state index in [0.29, 0.717) is 12.0 Å². The predicted molar refractivity (Wildman–Crippen MR) is 78.9 cm³/mol. The normalized spacial score (nSPS) is 23.8. The molecule has 0 aromatic carbocycles. The van der Waals surface area contributed by atoms with Gasteiger partial charge in [0.1, 0.15) is 5.82 Å². The van der Waals surface area contributed by atoms with E-state index in [-0.39, 0.29) is 11.2 Å². The average molecular weight is 294 g/mol. The fraction of sp³-hybridized carbons (Fsp3) is 0.786. The summed E-state index contributed by atoms with van der Waals surface area (Å²) in [6, 6.07) is 0.554. The van der Waals surface area contributed by atoms with E-state index in [0.717, 1.165) is 36.8 Å². The fourth-order valence-corrected chi connectivity index (χ4v) is 3.76. The van der Waals surface area contributed by atoms with Crippen molar-refractivity contribution in [2.24, 2.45) is 0 Å². The molecule has 2 heterocycles. The van der Waals surface area contributed by atoms with Crippen molar-refractivity contribution in [3.63, 3.8) is 0 Å². The van der Waals surface area contributed by atoms with Crippen molar-refractivity contribution >= 4 is 17.7 Å². The molecule has 1 atom stereocenters. The maximum atomic E-state index is 12.1. The van der Waals surface area contributed by atoms with E-state index in [1.165, 1.54) is 12.8 Å². The zero-order chi connectivity index (χ0) is 14.1. The van der Waals surface area contributed by atoms with Gasteiger partial charge in [-0.25, -0.2) is 0 Å². The van der Waals surface area contributed by atoms with Crippen LogP contribution in [0.1, 0.15) is 63.7 Å². The first kappa shape index (κ1) is 13.9. The van der Waals surface area contributed by atoms with Crippen molar-refractivity contribution in [2.75, 3.05) is 6.54 Å². The van der Waals surface area contributed by atoms with E-state index in [1.54, 1.807) is 11.8 Å². The number of hydrogen-bond acceptors (Lipinski definition) is 4.